The predicted octanol–water partition coefficient (Wildman–Crippen LogP) is 3.73. The van der Waals surface area contributed by atoms with Gasteiger partial charge in [-0.2, -0.15) is 0 Å². The molecule has 1 saturated heterocycles. The Kier molecular flexibility index (Phi) is 3.19. The molecule has 2 aliphatic carbocycles. The van der Waals surface area contributed by atoms with E-state index in [9.17, 15) is 0 Å². The van der Waals surface area contributed by atoms with Crippen LogP contribution in [0.2, 0.25) is 12.6 Å². The smallest absolute Gasteiger partial charge is 0.334 e. The molecule has 2 nitrogen and oxygen atoms in total. The summed E-state index contributed by atoms with van der Waals surface area (Å²) in [4.78, 5) is 0. The zero-order valence-electron chi connectivity index (χ0n) is 11.9. The minimum Gasteiger partial charge on any atom is -0.394 e. The average Bonchev–Trinajstić information content (AvgIpc) is 2.93. The van der Waals surface area contributed by atoms with E-state index in [0.29, 0.717) is 0 Å². The SMILES string of the molecule is CC1(C)CO[Si](C)(CCC2CC3C=CC2C3)OC1. The Balaban J connectivity index is 1.50. The first kappa shape index (κ1) is 12.9. The zero-order chi connectivity index (χ0) is 12.8. The Labute approximate surface area is 112 Å². The van der Waals surface area contributed by atoms with Gasteiger partial charge in [0.25, 0.3) is 0 Å². The van der Waals surface area contributed by atoms with Crippen molar-refractivity contribution in [2.75, 3.05) is 13.2 Å². The molecule has 1 aliphatic heterocycles. The molecule has 3 aliphatic rings. The number of hydrogen-bond donors (Lipinski definition) is 0. The van der Waals surface area contributed by atoms with Crippen LogP contribution in [0.3, 0.4) is 0 Å². The third-order valence-electron chi connectivity index (χ3n) is 4.92. The lowest BCUT2D eigenvalue weighted by Crippen LogP contribution is -2.49. The van der Waals surface area contributed by atoms with Gasteiger partial charge in [-0.05, 0) is 49.6 Å². The predicted molar refractivity (Wildman–Crippen MR) is 75.6 cm³/mol. The maximum Gasteiger partial charge on any atom is 0.334 e. The Morgan fingerprint density at radius 1 is 1.17 bits per heavy atom. The summed E-state index contributed by atoms with van der Waals surface area (Å²) in [5.74, 6) is 2.67. The first-order chi connectivity index (χ1) is 8.46. The summed E-state index contributed by atoms with van der Waals surface area (Å²) in [5, 5.41) is 0. The van der Waals surface area contributed by atoms with E-state index in [-0.39, 0.29) is 5.41 Å². The third-order valence-corrected chi connectivity index (χ3v) is 7.63. The number of hydrogen-bond acceptors (Lipinski definition) is 2. The van der Waals surface area contributed by atoms with Crippen molar-refractivity contribution in [2.24, 2.45) is 23.2 Å². The monoisotopic (exact) mass is 266 g/mol. The summed E-state index contributed by atoms with van der Waals surface area (Å²) in [7, 11) is -1.84. The molecule has 0 aromatic rings. The molecule has 3 rings (SSSR count). The van der Waals surface area contributed by atoms with Crippen molar-refractivity contribution in [1.82, 2.24) is 0 Å². The minimum atomic E-state index is -1.84. The van der Waals surface area contributed by atoms with Crippen molar-refractivity contribution in [3.63, 3.8) is 0 Å². The Hall–Kier alpha value is -0.123. The Morgan fingerprint density at radius 3 is 2.44 bits per heavy atom. The van der Waals surface area contributed by atoms with Crippen LogP contribution in [0.5, 0.6) is 0 Å². The second-order valence-corrected chi connectivity index (χ2v) is 10.8. The first-order valence-electron chi connectivity index (χ1n) is 7.42. The molecule has 0 aromatic carbocycles. The summed E-state index contributed by atoms with van der Waals surface area (Å²) >= 11 is 0. The maximum atomic E-state index is 6.12. The lowest BCUT2D eigenvalue weighted by atomic mass is 9.91. The van der Waals surface area contributed by atoms with Crippen molar-refractivity contribution in [3.05, 3.63) is 12.2 Å². The van der Waals surface area contributed by atoms with E-state index in [1.807, 2.05) is 0 Å². The van der Waals surface area contributed by atoms with Crippen LogP contribution in [0, 0.1) is 23.2 Å². The number of allylic oxidation sites excluding steroid dienone is 2. The van der Waals surface area contributed by atoms with E-state index < -0.39 is 8.56 Å². The highest BCUT2D eigenvalue weighted by Gasteiger charge is 2.42. The molecular formula is C15H26O2Si. The highest BCUT2D eigenvalue weighted by atomic mass is 28.4. The van der Waals surface area contributed by atoms with Crippen LogP contribution in [0.15, 0.2) is 12.2 Å². The van der Waals surface area contributed by atoms with E-state index in [1.165, 1.54) is 25.3 Å². The van der Waals surface area contributed by atoms with Crippen LogP contribution in [-0.2, 0) is 8.85 Å². The quantitative estimate of drug-likeness (QED) is 0.572. The van der Waals surface area contributed by atoms with Gasteiger partial charge in [-0.1, -0.05) is 26.0 Å². The van der Waals surface area contributed by atoms with Gasteiger partial charge in [0.1, 0.15) is 0 Å². The van der Waals surface area contributed by atoms with Crippen LogP contribution in [0.25, 0.3) is 0 Å². The van der Waals surface area contributed by atoms with Crippen molar-refractivity contribution in [1.29, 1.82) is 0 Å². The molecule has 0 spiro atoms. The van der Waals surface area contributed by atoms with Crippen molar-refractivity contribution in [3.8, 4) is 0 Å². The van der Waals surface area contributed by atoms with Crippen LogP contribution >= 0.6 is 0 Å². The number of rotatable bonds is 3. The van der Waals surface area contributed by atoms with Crippen molar-refractivity contribution < 1.29 is 8.85 Å². The van der Waals surface area contributed by atoms with E-state index >= 15 is 0 Å². The molecule has 18 heavy (non-hydrogen) atoms. The van der Waals surface area contributed by atoms with Crippen molar-refractivity contribution in [2.45, 2.75) is 45.7 Å². The van der Waals surface area contributed by atoms with Crippen LogP contribution in [0.1, 0.15) is 33.1 Å². The maximum absolute atomic E-state index is 6.12. The fraction of sp³-hybridized carbons (Fsp3) is 0.867. The van der Waals surface area contributed by atoms with Crippen LogP contribution < -0.4 is 0 Å². The number of fused-ring (bicyclic) bond motifs is 2. The third kappa shape index (κ3) is 2.58. The Morgan fingerprint density at radius 2 is 1.89 bits per heavy atom. The minimum absolute atomic E-state index is 0.210. The van der Waals surface area contributed by atoms with E-state index in [1.54, 1.807) is 0 Å². The second-order valence-electron chi connectivity index (χ2n) is 7.45. The highest BCUT2D eigenvalue weighted by molar-refractivity contribution is 6.66. The van der Waals surface area contributed by atoms with Gasteiger partial charge < -0.3 is 8.85 Å². The molecule has 0 aromatic heterocycles. The summed E-state index contributed by atoms with van der Waals surface area (Å²) in [6.07, 6.45) is 9.02. The summed E-state index contributed by atoms with van der Waals surface area (Å²) in [6.45, 7) is 8.47. The van der Waals surface area contributed by atoms with Gasteiger partial charge in [-0.25, -0.2) is 0 Å². The van der Waals surface area contributed by atoms with Gasteiger partial charge in [-0.15, -0.1) is 0 Å². The average molecular weight is 266 g/mol. The topological polar surface area (TPSA) is 18.5 Å². The van der Waals surface area contributed by atoms with Gasteiger partial charge >= 0.3 is 8.56 Å². The Bertz CT molecular complexity index is 340. The molecule has 0 amide bonds. The van der Waals surface area contributed by atoms with Crippen LogP contribution in [-0.4, -0.2) is 21.8 Å². The summed E-state index contributed by atoms with van der Waals surface area (Å²) in [5.41, 5.74) is 0.210. The lowest BCUT2D eigenvalue weighted by Gasteiger charge is -2.40. The molecule has 3 atom stereocenters. The molecule has 0 radical (unpaired) electrons. The second kappa shape index (κ2) is 4.46. The highest BCUT2D eigenvalue weighted by Crippen LogP contribution is 2.46. The molecule has 0 N–H and O–H groups in total. The molecule has 3 heteroatoms. The standard InChI is InChI=1S/C15H26O2Si/c1-15(2)10-16-18(3,17-11-15)7-6-14-9-12-4-5-13(14)8-12/h4-5,12-14H,6-11H2,1-3H3. The summed E-state index contributed by atoms with van der Waals surface area (Å²) < 4.78 is 12.2. The molecule has 1 heterocycles. The molecule has 102 valence electrons. The van der Waals surface area contributed by atoms with Crippen molar-refractivity contribution >= 4 is 8.56 Å². The zero-order valence-corrected chi connectivity index (χ0v) is 12.9. The largest absolute Gasteiger partial charge is 0.394 e. The molecule has 1 saturated carbocycles. The van der Waals surface area contributed by atoms with Gasteiger partial charge in [-0.3, -0.25) is 0 Å². The molecular weight excluding hydrogens is 240 g/mol. The summed E-state index contributed by atoms with van der Waals surface area (Å²) in [6, 6.07) is 1.19. The van der Waals surface area contributed by atoms with Gasteiger partial charge in [0, 0.05) is 18.6 Å². The molecule has 3 unspecified atom stereocenters. The lowest BCUT2D eigenvalue weighted by molar-refractivity contribution is 0.0132. The van der Waals surface area contributed by atoms with E-state index in [0.717, 1.165) is 31.0 Å². The van der Waals surface area contributed by atoms with Gasteiger partial charge in [0.05, 0.1) is 0 Å². The van der Waals surface area contributed by atoms with Crippen LogP contribution in [0.4, 0.5) is 0 Å². The van der Waals surface area contributed by atoms with Gasteiger partial charge in [0.2, 0.25) is 0 Å². The molecule has 2 fully saturated rings. The van der Waals surface area contributed by atoms with E-state index in [4.69, 9.17) is 8.85 Å². The fourth-order valence-electron chi connectivity index (χ4n) is 3.60. The van der Waals surface area contributed by atoms with Gasteiger partial charge in [0.15, 0.2) is 0 Å². The first-order valence-corrected chi connectivity index (χ1v) is 9.94. The normalized spacial score (nSPS) is 40.3. The molecule has 2 bridgehead atoms. The fourth-order valence-corrected chi connectivity index (χ4v) is 6.26. The van der Waals surface area contributed by atoms with E-state index in [2.05, 4.69) is 32.5 Å².